The highest BCUT2D eigenvalue weighted by Gasteiger charge is 2.28. The van der Waals surface area contributed by atoms with Gasteiger partial charge in [-0.15, -0.1) is 0 Å². The highest BCUT2D eigenvalue weighted by Crippen LogP contribution is 2.19. The van der Waals surface area contributed by atoms with Crippen molar-refractivity contribution in [1.29, 1.82) is 0 Å². The second kappa shape index (κ2) is 5.10. The van der Waals surface area contributed by atoms with Crippen molar-refractivity contribution < 1.29 is 19.1 Å². The first-order valence-corrected chi connectivity index (χ1v) is 4.83. The van der Waals surface area contributed by atoms with Gasteiger partial charge in [0.25, 0.3) is 0 Å². The first-order valence-electron chi connectivity index (χ1n) is 4.83. The molecule has 0 spiro atoms. The van der Waals surface area contributed by atoms with E-state index < -0.39 is 0 Å². The van der Waals surface area contributed by atoms with Crippen LogP contribution in [-0.4, -0.2) is 32.1 Å². The minimum Gasteiger partial charge on any atom is -0.469 e. The van der Waals surface area contributed by atoms with E-state index >= 15 is 0 Å². The van der Waals surface area contributed by atoms with E-state index in [1.54, 1.807) is 6.92 Å². The van der Waals surface area contributed by atoms with E-state index in [4.69, 9.17) is 4.74 Å². The highest BCUT2D eigenvalue weighted by atomic mass is 16.5. The zero-order chi connectivity index (χ0) is 10.6. The third-order valence-electron chi connectivity index (χ3n) is 2.52. The Morgan fingerprint density at radius 3 is 2.79 bits per heavy atom. The molecule has 0 N–H and O–H groups in total. The minimum absolute atomic E-state index is 0.0188. The Balaban J connectivity index is 2.39. The molecule has 1 saturated heterocycles. The molecular weight excluding hydrogens is 184 g/mol. The normalized spacial score (nSPS) is 23.1. The monoisotopic (exact) mass is 200 g/mol. The minimum atomic E-state index is -0.329. The van der Waals surface area contributed by atoms with Gasteiger partial charge in [-0.2, -0.15) is 0 Å². The number of rotatable bonds is 4. The van der Waals surface area contributed by atoms with Gasteiger partial charge in [0.15, 0.2) is 0 Å². The van der Waals surface area contributed by atoms with Gasteiger partial charge < -0.3 is 9.47 Å². The van der Waals surface area contributed by atoms with Crippen LogP contribution in [0.25, 0.3) is 0 Å². The number of carbonyl (C=O) groups excluding carboxylic acids is 2. The lowest BCUT2D eigenvalue weighted by atomic mass is 9.91. The first-order chi connectivity index (χ1) is 6.65. The first kappa shape index (κ1) is 11.2. The summed E-state index contributed by atoms with van der Waals surface area (Å²) in [5.74, 6) is -0.485. The van der Waals surface area contributed by atoms with Crippen molar-refractivity contribution in [3.63, 3.8) is 0 Å². The third-order valence-corrected chi connectivity index (χ3v) is 2.52. The van der Waals surface area contributed by atoms with Crippen LogP contribution >= 0.6 is 0 Å². The topological polar surface area (TPSA) is 52.6 Å². The van der Waals surface area contributed by atoms with Gasteiger partial charge in [0.2, 0.25) is 0 Å². The summed E-state index contributed by atoms with van der Waals surface area (Å²) in [5.41, 5.74) is 0. The molecule has 1 aliphatic rings. The molecule has 4 nitrogen and oxygen atoms in total. The average Bonchev–Trinajstić information content (AvgIpc) is 2.69. The van der Waals surface area contributed by atoms with E-state index in [0.29, 0.717) is 13.2 Å². The summed E-state index contributed by atoms with van der Waals surface area (Å²) in [4.78, 5) is 22.6. The van der Waals surface area contributed by atoms with Crippen molar-refractivity contribution in [2.75, 3.05) is 20.3 Å². The summed E-state index contributed by atoms with van der Waals surface area (Å²) in [6.07, 6.45) is 0.955. The van der Waals surface area contributed by atoms with Crippen molar-refractivity contribution >= 4 is 11.8 Å². The number of carbonyl (C=O) groups is 2. The van der Waals surface area contributed by atoms with Gasteiger partial charge in [0, 0.05) is 18.4 Å². The molecule has 4 heteroatoms. The van der Waals surface area contributed by atoms with Crippen LogP contribution in [0, 0.1) is 11.8 Å². The maximum absolute atomic E-state index is 11.7. The van der Waals surface area contributed by atoms with E-state index in [1.807, 2.05) is 0 Å². The summed E-state index contributed by atoms with van der Waals surface area (Å²) in [6.45, 7) is 2.92. The summed E-state index contributed by atoms with van der Waals surface area (Å²) < 4.78 is 9.63. The van der Waals surface area contributed by atoms with E-state index in [-0.39, 0.29) is 30.0 Å². The van der Waals surface area contributed by atoms with Gasteiger partial charge in [-0.05, 0) is 6.42 Å². The van der Waals surface area contributed by atoms with Gasteiger partial charge >= 0.3 is 5.97 Å². The molecule has 0 saturated carbocycles. The maximum Gasteiger partial charge on any atom is 0.306 e. The van der Waals surface area contributed by atoms with Gasteiger partial charge in [-0.3, -0.25) is 9.59 Å². The molecule has 1 aliphatic heterocycles. The summed E-state index contributed by atoms with van der Waals surface area (Å²) in [5, 5.41) is 0. The largest absolute Gasteiger partial charge is 0.469 e. The SMILES string of the molecule is COC(=O)CC(C)C(=O)C1CCOC1. The van der Waals surface area contributed by atoms with Crippen molar-refractivity contribution in [3.8, 4) is 0 Å². The molecule has 1 heterocycles. The number of esters is 1. The summed E-state index contributed by atoms with van der Waals surface area (Å²) >= 11 is 0. The fourth-order valence-electron chi connectivity index (χ4n) is 1.60. The Morgan fingerprint density at radius 1 is 1.57 bits per heavy atom. The fourth-order valence-corrected chi connectivity index (χ4v) is 1.60. The second-order valence-corrected chi connectivity index (χ2v) is 3.64. The van der Waals surface area contributed by atoms with E-state index in [9.17, 15) is 9.59 Å². The molecule has 1 fully saturated rings. The molecule has 0 radical (unpaired) electrons. The second-order valence-electron chi connectivity index (χ2n) is 3.64. The molecule has 0 aromatic heterocycles. The van der Waals surface area contributed by atoms with Gasteiger partial charge in [-0.1, -0.05) is 6.92 Å². The van der Waals surface area contributed by atoms with E-state index in [1.165, 1.54) is 7.11 Å². The molecule has 0 amide bonds. The lowest BCUT2D eigenvalue weighted by Gasteiger charge is -2.12. The standard InChI is InChI=1S/C10H16O4/c1-7(5-9(11)13-2)10(12)8-3-4-14-6-8/h7-8H,3-6H2,1-2H3. The summed E-state index contributed by atoms with van der Waals surface area (Å²) in [6, 6.07) is 0. The fraction of sp³-hybridized carbons (Fsp3) is 0.800. The smallest absolute Gasteiger partial charge is 0.306 e. The Morgan fingerprint density at radius 2 is 2.29 bits per heavy atom. The maximum atomic E-state index is 11.7. The number of methoxy groups -OCH3 is 1. The van der Waals surface area contributed by atoms with Crippen LogP contribution < -0.4 is 0 Å². The molecule has 2 atom stereocenters. The van der Waals surface area contributed by atoms with E-state index in [0.717, 1.165) is 6.42 Å². The zero-order valence-electron chi connectivity index (χ0n) is 8.62. The molecule has 0 bridgehead atoms. The Hall–Kier alpha value is -0.900. The molecular formula is C10H16O4. The van der Waals surface area contributed by atoms with Gasteiger partial charge in [-0.25, -0.2) is 0 Å². The molecule has 0 aromatic rings. The number of ether oxygens (including phenoxy) is 2. The Bertz CT molecular complexity index is 218. The lowest BCUT2D eigenvalue weighted by Crippen LogP contribution is -2.24. The number of hydrogen-bond acceptors (Lipinski definition) is 4. The lowest BCUT2D eigenvalue weighted by molar-refractivity contribution is -0.144. The average molecular weight is 200 g/mol. The number of Topliss-reactive ketones (excluding diaryl/α,β-unsaturated/α-hetero) is 1. The predicted octanol–water partition coefficient (Wildman–Crippen LogP) is 0.791. The third kappa shape index (κ3) is 2.80. The quantitative estimate of drug-likeness (QED) is 0.629. The van der Waals surface area contributed by atoms with Crippen molar-refractivity contribution in [2.24, 2.45) is 11.8 Å². The van der Waals surface area contributed by atoms with Crippen molar-refractivity contribution in [3.05, 3.63) is 0 Å². The molecule has 14 heavy (non-hydrogen) atoms. The predicted molar refractivity (Wildman–Crippen MR) is 49.7 cm³/mol. The summed E-state index contributed by atoms with van der Waals surface area (Å²) in [7, 11) is 1.33. The molecule has 2 unspecified atom stereocenters. The molecule has 80 valence electrons. The highest BCUT2D eigenvalue weighted by molar-refractivity contribution is 5.87. The molecule has 1 rings (SSSR count). The zero-order valence-corrected chi connectivity index (χ0v) is 8.62. The Labute approximate surface area is 83.6 Å². The van der Waals surface area contributed by atoms with Crippen LogP contribution in [0.15, 0.2) is 0 Å². The van der Waals surface area contributed by atoms with Crippen LogP contribution in [0.5, 0.6) is 0 Å². The van der Waals surface area contributed by atoms with Crippen LogP contribution in [0.3, 0.4) is 0 Å². The van der Waals surface area contributed by atoms with Crippen LogP contribution in [0.1, 0.15) is 19.8 Å². The van der Waals surface area contributed by atoms with Gasteiger partial charge in [0.05, 0.1) is 20.1 Å². The van der Waals surface area contributed by atoms with E-state index in [2.05, 4.69) is 4.74 Å². The molecule has 0 aliphatic carbocycles. The van der Waals surface area contributed by atoms with Crippen LogP contribution in [0.4, 0.5) is 0 Å². The Kier molecular flexibility index (Phi) is 4.07. The molecule has 0 aromatic carbocycles. The number of hydrogen-bond donors (Lipinski definition) is 0. The van der Waals surface area contributed by atoms with Gasteiger partial charge in [0.1, 0.15) is 5.78 Å². The number of ketones is 1. The van der Waals surface area contributed by atoms with Crippen LogP contribution in [0.2, 0.25) is 0 Å². The van der Waals surface area contributed by atoms with Crippen molar-refractivity contribution in [1.82, 2.24) is 0 Å². The van der Waals surface area contributed by atoms with Crippen LogP contribution in [-0.2, 0) is 19.1 Å². The van der Waals surface area contributed by atoms with Crippen molar-refractivity contribution in [2.45, 2.75) is 19.8 Å².